The predicted octanol–water partition coefficient (Wildman–Crippen LogP) is 2.10. The number of ether oxygens (including phenoxy) is 2. The highest BCUT2D eigenvalue weighted by molar-refractivity contribution is 14.1. The van der Waals surface area contributed by atoms with Gasteiger partial charge in [-0.25, -0.2) is 9.79 Å². The first-order valence-electron chi connectivity index (χ1n) is 5.05. The summed E-state index contributed by atoms with van der Waals surface area (Å²) in [6.07, 6.45) is -0.214. The Morgan fingerprint density at radius 1 is 1.28 bits per heavy atom. The maximum atomic E-state index is 11.5. The first-order chi connectivity index (χ1) is 8.56. The quantitative estimate of drug-likeness (QED) is 0.468. The number of halogens is 1. The van der Waals surface area contributed by atoms with E-state index in [1.165, 1.54) is 14.2 Å². The van der Waals surface area contributed by atoms with Crippen LogP contribution in [0.5, 0.6) is 0 Å². The van der Waals surface area contributed by atoms with Gasteiger partial charge in [0.25, 0.3) is 0 Å². The van der Waals surface area contributed by atoms with Gasteiger partial charge in [0.05, 0.1) is 26.3 Å². The van der Waals surface area contributed by atoms with Crippen molar-refractivity contribution in [2.45, 2.75) is 6.42 Å². The molecule has 1 aromatic rings. The third-order valence-electron chi connectivity index (χ3n) is 2.03. The van der Waals surface area contributed by atoms with E-state index in [9.17, 15) is 9.59 Å². The number of methoxy groups -OCH3 is 2. The van der Waals surface area contributed by atoms with E-state index in [0.717, 1.165) is 3.57 Å². The number of hydrogen-bond donors (Lipinski definition) is 0. The van der Waals surface area contributed by atoms with Gasteiger partial charge in [0, 0.05) is 3.57 Å². The lowest BCUT2D eigenvalue weighted by Gasteiger charge is -2.04. The molecule has 0 saturated carbocycles. The molecular formula is C12H12INO4. The summed E-state index contributed by atoms with van der Waals surface area (Å²) >= 11 is 2.13. The highest BCUT2D eigenvalue weighted by Gasteiger charge is 2.16. The average molecular weight is 361 g/mol. The van der Waals surface area contributed by atoms with Crippen molar-refractivity contribution < 1.29 is 19.1 Å². The Morgan fingerprint density at radius 2 is 2.00 bits per heavy atom. The van der Waals surface area contributed by atoms with Crippen LogP contribution in [0.15, 0.2) is 29.3 Å². The first kappa shape index (κ1) is 14.6. The van der Waals surface area contributed by atoms with Crippen LogP contribution in [0.1, 0.15) is 6.42 Å². The summed E-state index contributed by atoms with van der Waals surface area (Å²) in [6.45, 7) is 0. The Balaban J connectivity index is 3.02. The van der Waals surface area contributed by atoms with Crippen molar-refractivity contribution in [3.63, 3.8) is 0 Å². The highest BCUT2D eigenvalue weighted by atomic mass is 127. The molecule has 5 nitrogen and oxygen atoms in total. The van der Waals surface area contributed by atoms with E-state index in [1.807, 2.05) is 12.1 Å². The molecule has 1 aromatic carbocycles. The summed E-state index contributed by atoms with van der Waals surface area (Å²) < 4.78 is 10.1. The van der Waals surface area contributed by atoms with Gasteiger partial charge in [0.15, 0.2) is 0 Å². The topological polar surface area (TPSA) is 65.0 Å². The normalized spacial score (nSPS) is 10.9. The number of carbonyl (C=O) groups excluding carboxylic acids is 2. The molecule has 0 aliphatic rings. The minimum atomic E-state index is -0.640. The van der Waals surface area contributed by atoms with Gasteiger partial charge in [-0.3, -0.25) is 4.79 Å². The standard InChI is InChI=1S/C12H12INO4/c1-17-11(15)7-10(12(16)18-2)14-9-5-3-4-8(13)6-9/h3-6H,7H2,1-2H3. The molecule has 0 N–H and O–H groups in total. The second kappa shape index (κ2) is 7.10. The Labute approximate surface area is 118 Å². The van der Waals surface area contributed by atoms with Crippen LogP contribution in [0, 0.1) is 3.57 Å². The number of hydrogen-bond acceptors (Lipinski definition) is 5. The number of rotatable bonds is 4. The number of carbonyl (C=O) groups is 2. The second-order valence-electron chi connectivity index (χ2n) is 3.28. The number of benzene rings is 1. The lowest BCUT2D eigenvalue weighted by molar-refractivity contribution is -0.140. The van der Waals surface area contributed by atoms with Crippen LogP contribution in [0.25, 0.3) is 0 Å². The molecule has 0 aliphatic heterocycles. The molecule has 0 amide bonds. The van der Waals surface area contributed by atoms with Crippen molar-refractivity contribution in [2.75, 3.05) is 14.2 Å². The predicted molar refractivity (Wildman–Crippen MR) is 74.9 cm³/mol. The number of nitrogens with zero attached hydrogens (tertiary/aromatic N) is 1. The van der Waals surface area contributed by atoms with E-state index in [-0.39, 0.29) is 12.1 Å². The van der Waals surface area contributed by atoms with Crippen LogP contribution in [0.2, 0.25) is 0 Å². The maximum absolute atomic E-state index is 11.5. The molecule has 96 valence electrons. The molecular weight excluding hydrogens is 349 g/mol. The fourth-order valence-electron chi connectivity index (χ4n) is 1.19. The monoisotopic (exact) mass is 361 g/mol. The van der Waals surface area contributed by atoms with E-state index < -0.39 is 11.9 Å². The third kappa shape index (κ3) is 4.44. The summed E-state index contributed by atoms with van der Waals surface area (Å²) in [5.74, 6) is -1.18. The molecule has 0 aliphatic carbocycles. The van der Waals surface area contributed by atoms with E-state index in [0.29, 0.717) is 5.69 Å². The van der Waals surface area contributed by atoms with Gasteiger partial charge >= 0.3 is 11.9 Å². The largest absolute Gasteiger partial charge is 0.469 e. The zero-order chi connectivity index (χ0) is 13.5. The van der Waals surface area contributed by atoms with E-state index in [2.05, 4.69) is 37.1 Å². The minimum Gasteiger partial charge on any atom is -0.469 e. The smallest absolute Gasteiger partial charge is 0.353 e. The molecule has 18 heavy (non-hydrogen) atoms. The van der Waals surface area contributed by atoms with Crippen LogP contribution < -0.4 is 0 Å². The summed E-state index contributed by atoms with van der Waals surface area (Å²) in [7, 11) is 2.49. The molecule has 0 heterocycles. The molecule has 1 rings (SSSR count). The van der Waals surface area contributed by atoms with Crippen LogP contribution in [0.4, 0.5) is 5.69 Å². The Kier molecular flexibility index (Phi) is 5.76. The molecule has 0 atom stereocenters. The molecule has 0 saturated heterocycles. The zero-order valence-electron chi connectivity index (χ0n) is 9.97. The zero-order valence-corrected chi connectivity index (χ0v) is 12.1. The van der Waals surface area contributed by atoms with Gasteiger partial charge in [-0.15, -0.1) is 0 Å². The molecule has 0 spiro atoms. The molecule has 0 unspecified atom stereocenters. The third-order valence-corrected chi connectivity index (χ3v) is 2.70. The van der Waals surface area contributed by atoms with Gasteiger partial charge in [-0.05, 0) is 40.8 Å². The summed E-state index contributed by atoms with van der Waals surface area (Å²) in [4.78, 5) is 26.8. The highest BCUT2D eigenvalue weighted by Crippen LogP contribution is 2.16. The van der Waals surface area contributed by atoms with Gasteiger partial charge in [0.2, 0.25) is 0 Å². The molecule has 0 aromatic heterocycles. The number of aliphatic imine (C=N–C) groups is 1. The Morgan fingerprint density at radius 3 is 2.56 bits per heavy atom. The summed E-state index contributed by atoms with van der Waals surface area (Å²) in [6, 6.07) is 7.24. The average Bonchev–Trinajstić information content (AvgIpc) is 2.36. The van der Waals surface area contributed by atoms with Crippen molar-refractivity contribution in [1.82, 2.24) is 0 Å². The van der Waals surface area contributed by atoms with E-state index >= 15 is 0 Å². The lowest BCUT2D eigenvalue weighted by Crippen LogP contribution is -2.20. The van der Waals surface area contributed by atoms with Crippen LogP contribution >= 0.6 is 22.6 Å². The Hall–Kier alpha value is -1.44. The Bertz CT molecular complexity index is 485. The number of esters is 2. The molecule has 0 fully saturated rings. The minimum absolute atomic E-state index is 0.0198. The summed E-state index contributed by atoms with van der Waals surface area (Å²) in [5, 5.41) is 0. The van der Waals surface area contributed by atoms with Crippen molar-refractivity contribution in [3.8, 4) is 0 Å². The SMILES string of the molecule is COC(=O)CC(=Nc1cccc(I)c1)C(=O)OC. The van der Waals surface area contributed by atoms with Crippen molar-refractivity contribution in [2.24, 2.45) is 4.99 Å². The van der Waals surface area contributed by atoms with Gasteiger partial charge in [-0.1, -0.05) is 6.07 Å². The van der Waals surface area contributed by atoms with Crippen molar-refractivity contribution >= 4 is 45.9 Å². The van der Waals surface area contributed by atoms with Crippen molar-refractivity contribution in [1.29, 1.82) is 0 Å². The van der Waals surface area contributed by atoms with Crippen molar-refractivity contribution in [3.05, 3.63) is 27.8 Å². The summed E-state index contributed by atoms with van der Waals surface area (Å²) in [5.41, 5.74) is 0.609. The maximum Gasteiger partial charge on any atom is 0.353 e. The fraction of sp³-hybridized carbons (Fsp3) is 0.250. The second-order valence-corrected chi connectivity index (χ2v) is 4.53. The molecule has 0 radical (unpaired) electrons. The molecule has 6 heteroatoms. The van der Waals surface area contributed by atoms with Gasteiger partial charge in [0.1, 0.15) is 5.71 Å². The van der Waals surface area contributed by atoms with E-state index in [4.69, 9.17) is 0 Å². The van der Waals surface area contributed by atoms with E-state index in [1.54, 1.807) is 12.1 Å². The fourth-order valence-corrected chi connectivity index (χ4v) is 1.71. The lowest BCUT2D eigenvalue weighted by atomic mass is 10.2. The van der Waals surface area contributed by atoms with Crippen LogP contribution in [0.3, 0.4) is 0 Å². The van der Waals surface area contributed by atoms with Crippen LogP contribution in [-0.2, 0) is 19.1 Å². The van der Waals surface area contributed by atoms with Gasteiger partial charge in [-0.2, -0.15) is 0 Å². The molecule has 0 bridgehead atoms. The van der Waals surface area contributed by atoms with Gasteiger partial charge < -0.3 is 9.47 Å². The van der Waals surface area contributed by atoms with Crippen LogP contribution in [-0.4, -0.2) is 31.9 Å². The first-order valence-corrected chi connectivity index (χ1v) is 6.13.